The molecule has 0 fully saturated rings. The fourth-order valence-corrected chi connectivity index (χ4v) is 1.24. The van der Waals surface area contributed by atoms with Gasteiger partial charge in [-0.1, -0.05) is 0 Å². The van der Waals surface area contributed by atoms with Gasteiger partial charge in [0.05, 0.1) is 17.3 Å². The van der Waals surface area contributed by atoms with Crippen molar-refractivity contribution in [3.63, 3.8) is 0 Å². The summed E-state index contributed by atoms with van der Waals surface area (Å²) in [6.07, 6.45) is 4.65. The Bertz CT molecular complexity index is 548. The zero-order valence-electron chi connectivity index (χ0n) is 8.07. The van der Waals surface area contributed by atoms with E-state index in [1.807, 2.05) is 0 Å². The maximum absolute atomic E-state index is 10.7. The van der Waals surface area contributed by atoms with Crippen molar-refractivity contribution in [2.75, 3.05) is 0 Å². The number of carboxylic acid groups (broad SMARTS) is 1. The molecule has 80 valence electrons. The van der Waals surface area contributed by atoms with Crippen molar-refractivity contribution in [3.05, 3.63) is 41.9 Å². The molecule has 0 aliphatic carbocycles. The Morgan fingerprint density at radius 2 is 2.31 bits per heavy atom. The summed E-state index contributed by atoms with van der Waals surface area (Å²) in [4.78, 5) is 25.4. The van der Waals surface area contributed by atoms with Crippen molar-refractivity contribution in [2.45, 2.75) is 0 Å². The Kier molecular flexibility index (Phi) is 2.47. The average Bonchev–Trinajstić information content (AvgIpc) is 2.78. The second-order valence-electron chi connectivity index (χ2n) is 3.01. The first-order chi connectivity index (χ1) is 7.72. The molecule has 0 unspecified atom stereocenters. The number of aromatic nitrogens is 3. The van der Waals surface area contributed by atoms with Gasteiger partial charge < -0.3 is 5.11 Å². The van der Waals surface area contributed by atoms with Crippen LogP contribution in [0.1, 0.15) is 20.7 Å². The molecule has 6 heteroatoms. The predicted octanol–water partition coefficient (Wildman–Crippen LogP) is 0.778. The van der Waals surface area contributed by atoms with E-state index in [2.05, 4.69) is 10.1 Å². The summed E-state index contributed by atoms with van der Waals surface area (Å²) in [6, 6.07) is 3.20. The van der Waals surface area contributed by atoms with Crippen molar-refractivity contribution in [2.24, 2.45) is 0 Å². The van der Waals surface area contributed by atoms with E-state index in [-0.39, 0.29) is 5.56 Å². The number of rotatable bonds is 3. The Morgan fingerprint density at radius 1 is 1.50 bits per heavy atom. The van der Waals surface area contributed by atoms with Crippen LogP contribution >= 0.6 is 0 Å². The molecule has 1 N–H and O–H groups in total. The van der Waals surface area contributed by atoms with Crippen LogP contribution < -0.4 is 0 Å². The number of hydrogen-bond acceptors (Lipinski definition) is 4. The van der Waals surface area contributed by atoms with Gasteiger partial charge in [0, 0.05) is 12.4 Å². The zero-order valence-corrected chi connectivity index (χ0v) is 8.07. The summed E-state index contributed by atoms with van der Waals surface area (Å²) in [6.45, 7) is 0. The molecule has 0 saturated heterocycles. The number of carbonyl (C=O) groups excluding carboxylic acids is 1. The Balaban J connectivity index is 2.50. The SMILES string of the molecule is O=Cc1cccnc1-n1cc(C(=O)O)cn1. The Hall–Kier alpha value is -2.50. The molecule has 6 nitrogen and oxygen atoms in total. The van der Waals surface area contributed by atoms with Crippen LogP contribution in [0.15, 0.2) is 30.7 Å². The second kappa shape index (κ2) is 3.93. The quantitative estimate of drug-likeness (QED) is 0.768. The number of hydrogen-bond donors (Lipinski definition) is 1. The monoisotopic (exact) mass is 217 g/mol. The summed E-state index contributed by atoms with van der Waals surface area (Å²) in [5, 5.41) is 12.6. The van der Waals surface area contributed by atoms with E-state index >= 15 is 0 Å². The lowest BCUT2D eigenvalue weighted by molar-refractivity contribution is 0.0696. The van der Waals surface area contributed by atoms with Gasteiger partial charge in [0.15, 0.2) is 12.1 Å². The number of aldehydes is 1. The lowest BCUT2D eigenvalue weighted by Crippen LogP contribution is -2.02. The van der Waals surface area contributed by atoms with Crippen molar-refractivity contribution < 1.29 is 14.7 Å². The normalized spacial score (nSPS) is 10.0. The molecule has 0 atom stereocenters. The van der Waals surface area contributed by atoms with E-state index < -0.39 is 5.97 Å². The van der Waals surface area contributed by atoms with E-state index in [0.717, 1.165) is 0 Å². The molecule has 2 rings (SSSR count). The predicted molar refractivity (Wildman–Crippen MR) is 53.7 cm³/mol. The van der Waals surface area contributed by atoms with Gasteiger partial charge in [-0.15, -0.1) is 0 Å². The highest BCUT2D eigenvalue weighted by molar-refractivity contribution is 5.87. The Morgan fingerprint density at radius 3 is 2.94 bits per heavy atom. The highest BCUT2D eigenvalue weighted by Crippen LogP contribution is 2.09. The van der Waals surface area contributed by atoms with Crippen LogP contribution in [0.2, 0.25) is 0 Å². The lowest BCUT2D eigenvalue weighted by Gasteiger charge is -2.01. The molecule has 0 aliphatic heterocycles. The first kappa shape index (κ1) is 10.0. The molecule has 0 radical (unpaired) electrons. The van der Waals surface area contributed by atoms with Crippen molar-refractivity contribution in [1.82, 2.24) is 14.8 Å². The number of aromatic carboxylic acids is 1. The number of carbonyl (C=O) groups is 2. The molecule has 0 aromatic carbocycles. The molecule has 0 aliphatic rings. The average molecular weight is 217 g/mol. The van der Waals surface area contributed by atoms with E-state index in [1.54, 1.807) is 12.1 Å². The van der Waals surface area contributed by atoms with Crippen LogP contribution in [0.5, 0.6) is 0 Å². The highest BCUT2D eigenvalue weighted by atomic mass is 16.4. The maximum atomic E-state index is 10.7. The van der Waals surface area contributed by atoms with Gasteiger partial charge in [0.25, 0.3) is 0 Å². The first-order valence-electron chi connectivity index (χ1n) is 4.41. The summed E-state index contributed by atoms with van der Waals surface area (Å²) >= 11 is 0. The molecular weight excluding hydrogens is 210 g/mol. The van der Waals surface area contributed by atoms with Crippen LogP contribution in [0.3, 0.4) is 0 Å². The number of nitrogens with zero attached hydrogens (tertiary/aromatic N) is 3. The molecule has 0 amide bonds. The van der Waals surface area contributed by atoms with E-state index in [0.29, 0.717) is 17.7 Å². The molecule has 2 heterocycles. The fourth-order valence-electron chi connectivity index (χ4n) is 1.24. The van der Waals surface area contributed by atoms with Gasteiger partial charge >= 0.3 is 5.97 Å². The second-order valence-corrected chi connectivity index (χ2v) is 3.01. The molecular formula is C10H7N3O3. The highest BCUT2D eigenvalue weighted by Gasteiger charge is 2.10. The first-order valence-corrected chi connectivity index (χ1v) is 4.41. The number of carboxylic acids is 1. The van der Waals surface area contributed by atoms with Crippen LogP contribution in [-0.4, -0.2) is 32.1 Å². The third-order valence-electron chi connectivity index (χ3n) is 1.99. The van der Waals surface area contributed by atoms with Crippen molar-refractivity contribution in [1.29, 1.82) is 0 Å². The topological polar surface area (TPSA) is 85.1 Å². The third kappa shape index (κ3) is 1.68. The van der Waals surface area contributed by atoms with Gasteiger partial charge in [-0.05, 0) is 12.1 Å². The van der Waals surface area contributed by atoms with E-state index in [4.69, 9.17) is 5.11 Å². The lowest BCUT2D eigenvalue weighted by atomic mass is 10.3. The smallest absolute Gasteiger partial charge is 0.338 e. The van der Waals surface area contributed by atoms with Gasteiger partial charge in [0.1, 0.15) is 0 Å². The molecule has 0 spiro atoms. The van der Waals surface area contributed by atoms with E-state index in [9.17, 15) is 9.59 Å². The summed E-state index contributed by atoms with van der Waals surface area (Å²) in [7, 11) is 0. The largest absolute Gasteiger partial charge is 0.478 e. The summed E-state index contributed by atoms with van der Waals surface area (Å²) < 4.78 is 1.26. The third-order valence-corrected chi connectivity index (χ3v) is 1.99. The van der Waals surface area contributed by atoms with Crippen LogP contribution in [0.4, 0.5) is 0 Å². The standard InChI is InChI=1S/C10H7N3O3/c14-6-7-2-1-3-11-9(7)13-5-8(4-12-13)10(15)16/h1-6H,(H,15,16). The van der Waals surface area contributed by atoms with Crippen LogP contribution in [0.25, 0.3) is 5.82 Å². The summed E-state index contributed by atoms with van der Waals surface area (Å²) in [5.74, 6) is -0.764. The molecule has 2 aromatic heterocycles. The number of pyridine rings is 1. The maximum Gasteiger partial charge on any atom is 0.338 e. The van der Waals surface area contributed by atoms with Gasteiger partial charge in [0.2, 0.25) is 0 Å². The van der Waals surface area contributed by atoms with Crippen LogP contribution in [-0.2, 0) is 0 Å². The molecule has 2 aromatic rings. The molecule has 0 bridgehead atoms. The minimum absolute atomic E-state index is 0.0440. The Labute approximate surface area is 90.2 Å². The van der Waals surface area contributed by atoms with Gasteiger partial charge in [-0.25, -0.2) is 14.5 Å². The van der Waals surface area contributed by atoms with E-state index in [1.165, 1.54) is 23.3 Å². The minimum Gasteiger partial charge on any atom is -0.478 e. The molecule has 0 saturated carbocycles. The van der Waals surface area contributed by atoms with Gasteiger partial charge in [-0.3, -0.25) is 4.79 Å². The van der Waals surface area contributed by atoms with Gasteiger partial charge in [-0.2, -0.15) is 5.10 Å². The van der Waals surface area contributed by atoms with Crippen molar-refractivity contribution in [3.8, 4) is 5.82 Å². The zero-order chi connectivity index (χ0) is 11.5. The molecule has 16 heavy (non-hydrogen) atoms. The minimum atomic E-state index is -1.07. The van der Waals surface area contributed by atoms with Crippen LogP contribution in [0, 0.1) is 0 Å². The van der Waals surface area contributed by atoms with Crippen molar-refractivity contribution >= 4 is 12.3 Å². The fraction of sp³-hybridized carbons (Fsp3) is 0. The summed E-state index contributed by atoms with van der Waals surface area (Å²) in [5.41, 5.74) is 0.394.